The maximum atomic E-state index is 12.9. The fraction of sp³-hybridized carbons (Fsp3) is 0.556. The molecule has 0 unspecified atom stereocenters. The molecule has 0 atom stereocenters. The summed E-state index contributed by atoms with van der Waals surface area (Å²) in [6, 6.07) is 4.16. The van der Waals surface area contributed by atoms with Crippen molar-refractivity contribution in [3.63, 3.8) is 0 Å². The Morgan fingerprint density at radius 2 is 1.78 bits per heavy atom. The second-order valence-electron chi connectivity index (χ2n) is 7.35. The Morgan fingerprint density at radius 1 is 1.15 bits per heavy atom. The molecule has 1 saturated heterocycles. The number of nitrogens with zero attached hydrogens (tertiary/aromatic N) is 3. The van der Waals surface area contributed by atoms with Gasteiger partial charge in [-0.2, -0.15) is 0 Å². The van der Waals surface area contributed by atoms with E-state index in [0.29, 0.717) is 38.3 Å². The SMILES string of the molecule is CNc1ccc([N+](=O)[O-])cc1C(=O)N1CCCN(C(=O)OC(C)(C)C)CC1. The number of nitro groups is 1. The topological polar surface area (TPSA) is 105 Å². The minimum absolute atomic E-state index is 0.137. The summed E-state index contributed by atoms with van der Waals surface area (Å²) in [5.41, 5.74) is 0.0580. The molecule has 0 aliphatic carbocycles. The van der Waals surface area contributed by atoms with E-state index < -0.39 is 16.6 Å². The van der Waals surface area contributed by atoms with E-state index in [1.807, 2.05) is 0 Å². The van der Waals surface area contributed by atoms with E-state index in [4.69, 9.17) is 4.74 Å². The molecule has 2 amide bonds. The summed E-state index contributed by atoms with van der Waals surface area (Å²) in [7, 11) is 1.66. The molecule has 1 heterocycles. The number of ether oxygens (including phenoxy) is 1. The molecule has 0 radical (unpaired) electrons. The summed E-state index contributed by atoms with van der Waals surface area (Å²) in [5.74, 6) is -0.297. The average molecular weight is 378 g/mol. The number of rotatable bonds is 3. The van der Waals surface area contributed by atoms with Gasteiger partial charge in [-0.15, -0.1) is 0 Å². The molecule has 1 aliphatic heterocycles. The van der Waals surface area contributed by atoms with Gasteiger partial charge in [0.2, 0.25) is 0 Å². The molecule has 1 aliphatic rings. The van der Waals surface area contributed by atoms with Crippen LogP contribution in [0.25, 0.3) is 0 Å². The first-order valence-electron chi connectivity index (χ1n) is 8.86. The van der Waals surface area contributed by atoms with Crippen LogP contribution >= 0.6 is 0 Å². The van der Waals surface area contributed by atoms with Crippen LogP contribution in [0.2, 0.25) is 0 Å². The van der Waals surface area contributed by atoms with E-state index in [1.165, 1.54) is 18.2 Å². The quantitative estimate of drug-likeness (QED) is 0.640. The molecule has 0 bridgehead atoms. The number of amides is 2. The molecule has 1 aromatic rings. The van der Waals surface area contributed by atoms with Gasteiger partial charge in [-0.3, -0.25) is 14.9 Å². The number of carbonyl (C=O) groups is 2. The van der Waals surface area contributed by atoms with Crippen molar-refractivity contribution in [1.82, 2.24) is 9.80 Å². The highest BCUT2D eigenvalue weighted by atomic mass is 16.6. The molecule has 1 aromatic carbocycles. The maximum Gasteiger partial charge on any atom is 0.410 e. The van der Waals surface area contributed by atoms with E-state index in [-0.39, 0.29) is 17.2 Å². The molecule has 148 valence electrons. The number of nitrogens with one attached hydrogen (secondary N) is 1. The van der Waals surface area contributed by atoms with Crippen molar-refractivity contribution in [3.05, 3.63) is 33.9 Å². The third-order valence-corrected chi connectivity index (χ3v) is 4.15. The zero-order chi connectivity index (χ0) is 20.2. The van der Waals surface area contributed by atoms with Crippen molar-refractivity contribution >= 4 is 23.4 Å². The Balaban J connectivity index is 2.13. The molecular weight excluding hydrogens is 352 g/mol. The Hall–Kier alpha value is -2.84. The Bertz CT molecular complexity index is 729. The van der Waals surface area contributed by atoms with Gasteiger partial charge in [0.15, 0.2) is 0 Å². The van der Waals surface area contributed by atoms with Crippen LogP contribution in [0.4, 0.5) is 16.2 Å². The lowest BCUT2D eigenvalue weighted by molar-refractivity contribution is -0.384. The zero-order valence-corrected chi connectivity index (χ0v) is 16.2. The molecule has 0 aromatic heterocycles. The molecule has 2 rings (SSSR count). The summed E-state index contributed by atoms with van der Waals surface area (Å²) < 4.78 is 5.39. The number of carbonyl (C=O) groups excluding carboxylic acids is 2. The van der Waals surface area contributed by atoms with Gasteiger partial charge < -0.3 is 19.9 Å². The van der Waals surface area contributed by atoms with Crippen molar-refractivity contribution in [2.75, 3.05) is 38.5 Å². The second-order valence-corrected chi connectivity index (χ2v) is 7.35. The van der Waals surface area contributed by atoms with Crippen LogP contribution in [0, 0.1) is 10.1 Å². The average Bonchev–Trinajstić information content (AvgIpc) is 2.85. The van der Waals surface area contributed by atoms with Gasteiger partial charge in [0.05, 0.1) is 10.5 Å². The summed E-state index contributed by atoms with van der Waals surface area (Å²) >= 11 is 0. The van der Waals surface area contributed by atoms with Gasteiger partial charge in [-0.25, -0.2) is 4.79 Å². The van der Waals surface area contributed by atoms with Gasteiger partial charge in [-0.05, 0) is 33.3 Å². The third kappa shape index (κ3) is 5.32. The van der Waals surface area contributed by atoms with Gasteiger partial charge in [0, 0.05) is 51.0 Å². The zero-order valence-electron chi connectivity index (χ0n) is 16.2. The largest absolute Gasteiger partial charge is 0.444 e. The number of hydrogen-bond acceptors (Lipinski definition) is 6. The molecule has 27 heavy (non-hydrogen) atoms. The fourth-order valence-corrected chi connectivity index (χ4v) is 2.84. The van der Waals surface area contributed by atoms with Crippen molar-refractivity contribution in [2.45, 2.75) is 32.8 Å². The molecule has 9 nitrogen and oxygen atoms in total. The lowest BCUT2D eigenvalue weighted by atomic mass is 10.1. The maximum absolute atomic E-state index is 12.9. The fourth-order valence-electron chi connectivity index (χ4n) is 2.84. The molecule has 0 spiro atoms. The predicted molar refractivity (Wildman–Crippen MR) is 101 cm³/mol. The monoisotopic (exact) mass is 378 g/mol. The normalized spacial score (nSPS) is 15.1. The third-order valence-electron chi connectivity index (χ3n) is 4.15. The molecular formula is C18H26N4O5. The first kappa shape index (κ1) is 20.5. The number of non-ortho nitro benzene ring substituents is 1. The van der Waals surface area contributed by atoms with E-state index in [0.717, 1.165) is 0 Å². The summed E-state index contributed by atoms with van der Waals surface area (Å²) in [4.78, 5) is 38.9. The number of nitro benzene ring substituents is 1. The van der Waals surface area contributed by atoms with E-state index in [2.05, 4.69) is 5.32 Å². The van der Waals surface area contributed by atoms with Crippen molar-refractivity contribution in [1.29, 1.82) is 0 Å². The molecule has 9 heteroatoms. The molecule has 0 saturated carbocycles. The molecule has 1 fully saturated rings. The van der Waals surface area contributed by atoms with Gasteiger partial charge in [0.25, 0.3) is 11.6 Å². The lowest BCUT2D eigenvalue weighted by Gasteiger charge is -2.26. The number of benzene rings is 1. The van der Waals surface area contributed by atoms with E-state index >= 15 is 0 Å². The Kier molecular flexibility index (Phi) is 6.24. The summed E-state index contributed by atoms with van der Waals surface area (Å²) in [5, 5.41) is 13.9. The first-order chi connectivity index (χ1) is 12.6. The van der Waals surface area contributed by atoms with Crippen molar-refractivity contribution < 1.29 is 19.2 Å². The smallest absolute Gasteiger partial charge is 0.410 e. The number of anilines is 1. The van der Waals surface area contributed by atoms with Crippen LogP contribution in [0.1, 0.15) is 37.6 Å². The highest BCUT2D eigenvalue weighted by Gasteiger charge is 2.27. The first-order valence-corrected chi connectivity index (χ1v) is 8.86. The van der Waals surface area contributed by atoms with Gasteiger partial charge in [0.1, 0.15) is 5.60 Å². The van der Waals surface area contributed by atoms with Crippen LogP contribution in [-0.2, 0) is 4.74 Å². The minimum Gasteiger partial charge on any atom is -0.444 e. The lowest BCUT2D eigenvalue weighted by Crippen LogP contribution is -2.40. The summed E-state index contributed by atoms with van der Waals surface area (Å²) in [6.45, 7) is 7.06. The highest BCUT2D eigenvalue weighted by molar-refractivity contribution is 6.00. The predicted octanol–water partition coefficient (Wildman–Crippen LogP) is 2.72. The summed E-state index contributed by atoms with van der Waals surface area (Å²) in [6.07, 6.45) is 0.206. The Morgan fingerprint density at radius 3 is 2.37 bits per heavy atom. The van der Waals surface area contributed by atoms with Crippen LogP contribution in [0.3, 0.4) is 0 Å². The van der Waals surface area contributed by atoms with Crippen LogP contribution in [0.15, 0.2) is 18.2 Å². The van der Waals surface area contributed by atoms with E-state index in [9.17, 15) is 19.7 Å². The van der Waals surface area contributed by atoms with Crippen LogP contribution in [-0.4, -0.2) is 65.6 Å². The Labute approximate surface area is 158 Å². The standard InChI is InChI=1S/C18H26N4O5/c1-18(2,3)27-17(24)21-9-5-8-20(10-11-21)16(23)14-12-13(22(25)26)6-7-15(14)19-4/h6-7,12,19H,5,8-11H2,1-4H3. The minimum atomic E-state index is -0.580. The van der Waals surface area contributed by atoms with E-state index in [1.54, 1.807) is 37.6 Å². The van der Waals surface area contributed by atoms with Crippen molar-refractivity contribution in [2.24, 2.45) is 0 Å². The number of hydrogen-bond donors (Lipinski definition) is 1. The van der Waals surface area contributed by atoms with Crippen LogP contribution < -0.4 is 5.32 Å². The van der Waals surface area contributed by atoms with Gasteiger partial charge >= 0.3 is 6.09 Å². The van der Waals surface area contributed by atoms with Crippen LogP contribution in [0.5, 0.6) is 0 Å². The van der Waals surface area contributed by atoms with Crippen molar-refractivity contribution in [3.8, 4) is 0 Å². The van der Waals surface area contributed by atoms with Gasteiger partial charge in [-0.1, -0.05) is 0 Å². The molecule has 1 N–H and O–H groups in total. The highest BCUT2D eigenvalue weighted by Crippen LogP contribution is 2.24. The second kappa shape index (κ2) is 8.24.